The van der Waals surface area contributed by atoms with Gasteiger partial charge in [-0.05, 0) is 60.6 Å². The third-order valence-corrected chi connectivity index (χ3v) is 6.62. The molecule has 2 aliphatic rings. The van der Waals surface area contributed by atoms with Gasteiger partial charge in [-0.2, -0.15) is 0 Å². The van der Waals surface area contributed by atoms with E-state index < -0.39 is 0 Å². The zero-order valence-electron chi connectivity index (χ0n) is 18.4. The van der Waals surface area contributed by atoms with E-state index >= 15 is 0 Å². The van der Waals surface area contributed by atoms with Crippen LogP contribution in [0.3, 0.4) is 0 Å². The number of hydrogen-bond acceptors (Lipinski definition) is 2. The van der Waals surface area contributed by atoms with Crippen molar-refractivity contribution in [1.82, 2.24) is 9.88 Å². The number of benzene rings is 2. The first-order chi connectivity index (χ1) is 15.1. The number of hydrogen-bond donors (Lipinski definition) is 2. The van der Waals surface area contributed by atoms with Gasteiger partial charge in [-0.15, -0.1) is 0 Å². The number of anilines is 1. The number of nitrogens with zero attached hydrogens (tertiary/aromatic N) is 2. The summed E-state index contributed by atoms with van der Waals surface area (Å²) in [4.78, 5) is 8.00. The molecule has 1 fully saturated rings. The standard InChI is InChI=1S/C27H30N4/c1-19-9-4-5-12-23(19)25-17-29-27-24(25)16-22(18-30(27)2)20-10-8-11-21(15-20)26(28)31-13-6-3-7-14-31/h4-5,8-12,15-17,28-29H,3,6-7,13-14,18H2,1-2H3. The fraction of sp³-hybridized carbons (Fsp3) is 0.296. The molecule has 1 aromatic heterocycles. The van der Waals surface area contributed by atoms with Crippen LogP contribution in [0, 0.1) is 12.3 Å². The van der Waals surface area contributed by atoms with Gasteiger partial charge in [0, 0.05) is 49.6 Å². The Bertz CT molecular complexity index is 1150. The topological polar surface area (TPSA) is 46.1 Å². The normalized spacial score (nSPS) is 16.1. The zero-order valence-corrected chi connectivity index (χ0v) is 18.4. The molecule has 0 aliphatic carbocycles. The van der Waals surface area contributed by atoms with Crippen LogP contribution >= 0.6 is 0 Å². The molecule has 31 heavy (non-hydrogen) atoms. The molecule has 0 radical (unpaired) electrons. The molecule has 3 aromatic rings. The predicted octanol–water partition coefficient (Wildman–Crippen LogP) is 5.79. The Hall–Kier alpha value is -3.27. The molecule has 5 rings (SSSR count). The molecule has 4 heteroatoms. The maximum absolute atomic E-state index is 8.73. The number of amidine groups is 1. The van der Waals surface area contributed by atoms with Gasteiger partial charge in [-0.3, -0.25) is 5.41 Å². The number of nitrogens with one attached hydrogen (secondary N) is 2. The third kappa shape index (κ3) is 3.67. The van der Waals surface area contributed by atoms with Crippen molar-refractivity contribution >= 4 is 23.3 Å². The quantitative estimate of drug-likeness (QED) is 0.424. The van der Waals surface area contributed by atoms with E-state index in [1.54, 1.807) is 0 Å². The fourth-order valence-corrected chi connectivity index (χ4v) is 4.88. The minimum Gasteiger partial charge on any atom is -0.357 e. The first-order valence-corrected chi connectivity index (χ1v) is 11.3. The highest BCUT2D eigenvalue weighted by molar-refractivity contribution is 6.00. The fourth-order valence-electron chi connectivity index (χ4n) is 4.88. The van der Waals surface area contributed by atoms with Gasteiger partial charge in [0.25, 0.3) is 0 Å². The van der Waals surface area contributed by atoms with Crippen molar-refractivity contribution < 1.29 is 0 Å². The van der Waals surface area contributed by atoms with Crippen LogP contribution in [-0.2, 0) is 0 Å². The van der Waals surface area contributed by atoms with Crippen LogP contribution in [0.2, 0.25) is 0 Å². The van der Waals surface area contributed by atoms with E-state index in [0.717, 1.165) is 25.2 Å². The minimum atomic E-state index is 0.661. The lowest BCUT2D eigenvalue weighted by molar-refractivity contribution is 0.341. The molecule has 3 heterocycles. The van der Waals surface area contributed by atoms with E-state index in [9.17, 15) is 0 Å². The molecule has 2 N–H and O–H groups in total. The van der Waals surface area contributed by atoms with E-state index in [1.807, 2.05) is 0 Å². The van der Waals surface area contributed by atoms with E-state index in [4.69, 9.17) is 5.41 Å². The van der Waals surface area contributed by atoms with Crippen LogP contribution in [0.25, 0.3) is 22.8 Å². The SMILES string of the molecule is Cc1ccccc1-c1c[nH]c2c1C=C(c1cccc(C(=N)N3CCCCC3)c1)CN2C. The number of H-pyrrole nitrogens is 1. The van der Waals surface area contributed by atoms with Crippen LogP contribution < -0.4 is 4.90 Å². The van der Waals surface area contributed by atoms with Gasteiger partial charge >= 0.3 is 0 Å². The molecule has 4 nitrogen and oxygen atoms in total. The van der Waals surface area contributed by atoms with Gasteiger partial charge in [0.1, 0.15) is 11.7 Å². The Kier molecular flexibility index (Phi) is 5.14. The molecule has 2 aliphatic heterocycles. The molecule has 1 saturated heterocycles. The molecule has 0 atom stereocenters. The van der Waals surface area contributed by atoms with E-state index in [2.05, 4.69) is 89.6 Å². The van der Waals surface area contributed by atoms with Gasteiger partial charge in [0.05, 0.1) is 0 Å². The molecular weight excluding hydrogens is 380 g/mol. The highest BCUT2D eigenvalue weighted by Gasteiger charge is 2.22. The Morgan fingerprint density at radius 3 is 2.58 bits per heavy atom. The summed E-state index contributed by atoms with van der Waals surface area (Å²) in [6.07, 6.45) is 8.12. The summed E-state index contributed by atoms with van der Waals surface area (Å²) in [5.41, 5.74) is 8.55. The maximum atomic E-state index is 8.73. The third-order valence-electron chi connectivity index (χ3n) is 6.62. The largest absolute Gasteiger partial charge is 0.357 e. The molecule has 0 amide bonds. The van der Waals surface area contributed by atoms with Gasteiger partial charge < -0.3 is 14.8 Å². The monoisotopic (exact) mass is 410 g/mol. The predicted molar refractivity (Wildman–Crippen MR) is 131 cm³/mol. The number of piperidine rings is 1. The average molecular weight is 411 g/mol. The Labute approximate surface area is 184 Å². The van der Waals surface area contributed by atoms with Crippen molar-refractivity contribution in [3.8, 4) is 11.1 Å². The van der Waals surface area contributed by atoms with Crippen molar-refractivity contribution in [2.24, 2.45) is 0 Å². The van der Waals surface area contributed by atoms with Crippen molar-refractivity contribution in [1.29, 1.82) is 5.41 Å². The maximum Gasteiger partial charge on any atom is 0.128 e. The van der Waals surface area contributed by atoms with Gasteiger partial charge in [0.2, 0.25) is 0 Å². The van der Waals surface area contributed by atoms with Crippen molar-refractivity contribution in [3.05, 3.63) is 77.0 Å². The second-order valence-corrected chi connectivity index (χ2v) is 8.78. The summed E-state index contributed by atoms with van der Waals surface area (Å²) >= 11 is 0. The molecule has 0 saturated carbocycles. The van der Waals surface area contributed by atoms with E-state index in [0.29, 0.717) is 5.84 Å². The van der Waals surface area contributed by atoms with Crippen LogP contribution in [0.5, 0.6) is 0 Å². The highest BCUT2D eigenvalue weighted by Crippen LogP contribution is 2.39. The zero-order chi connectivity index (χ0) is 21.4. The Balaban J connectivity index is 1.51. The van der Waals surface area contributed by atoms with Crippen molar-refractivity contribution in [2.75, 3.05) is 31.6 Å². The number of fused-ring (bicyclic) bond motifs is 1. The second kappa shape index (κ2) is 8.10. The summed E-state index contributed by atoms with van der Waals surface area (Å²) in [6.45, 7) is 5.02. The molecule has 0 unspecified atom stereocenters. The summed E-state index contributed by atoms with van der Waals surface area (Å²) < 4.78 is 0. The van der Waals surface area contributed by atoms with Gasteiger partial charge in [-0.1, -0.05) is 42.5 Å². The molecule has 158 valence electrons. The summed E-state index contributed by atoms with van der Waals surface area (Å²) in [5.74, 6) is 1.83. The minimum absolute atomic E-state index is 0.661. The van der Waals surface area contributed by atoms with Crippen LogP contribution in [-0.4, -0.2) is 42.4 Å². The first-order valence-electron chi connectivity index (χ1n) is 11.3. The highest BCUT2D eigenvalue weighted by atomic mass is 15.2. The summed E-state index contributed by atoms with van der Waals surface area (Å²) in [6, 6.07) is 17.1. The number of likely N-dealkylation sites (tertiary alicyclic amines) is 1. The average Bonchev–Trinajstić information content (AvgIpc) is 3.24. The smallest absolute Gasteiger partial charge is 0.128 e. The van der Waals surface area contributed by atoms with E-state index in [-0.39, 0.29) is 0 Å². The van der Waals surface area contributed by atoms with E-state index in [1.165, 1.54) is 58.5 Å². The number of aromatic amines is 1. The molecule has 0 bridgehead atoms. The lowest BCUT2D eigenvalue weighted by Crippen LogP contribution is -2.35. The van der Waals surface area contributed by atoms with Crippen LogP contribution in [0.1, 0.15) is 41.5 Å². The van der Waals surface area contributed by atoms with Crippen molar-refractivity contribution in [3.63, 3.8) is 0 Å². The molecule has 2 aromatic carbocycles. The number of aryl methyl sites for hydroxylation is 1. The number of rotatable bonds is 3. The van der Waals surface area contributed by atoms with Gasteiger partial charge in [0.15, 0.2) is 0 Å². The molecule has 0 spiro atoms. The number of likely N-dealkylation sites (N-methyl/N-ethyl adjacent to an activating group) is 1. The van der Waals surface area contributed by atoms with Crippen molar-refractivity contribution in [2.45, 2.75) is 26.2 Å². The number of aromatic nitrogens is 1. The summed E-state index contributed by atoms with van der Waals surface area (Å²) in [5, 5.41) is 8.73. The van der Waals surface area contributed by atoms with Crippen LogP contribution in [0.4, 0.5) is 5.82 Å². The molecular formula is C27H30N4. The second-order valence-electron chi connectivity index (χ2n) is 8.78. The first kappa shape index (κ1) is 19.7. The Morgan fingerprint density at radius 1 is 0.968 bits per heavy atom. The Morgan fingerprint density at radius 2 is 1.77 bits per heavy atom. The van der Waals surface area contributed by atoms with Crippen LogP contribution in [0.15, 0.2) is 54.7 Å². The lowest BCUT2D eigenvalue weighted by Gasteiger charge is -2.29. The lowest BCUT2D eigenvalue weighted by atomic mass is 9.93. The summed E-state index contributed by atoms with van der Waals surface area (Å²) in [7, 11) is 2.14. The van der Waals surface area contributed by atoms with Gasteiger partial charge in [-0.25, -0.2) is 0 Å².